The second-order valence-electron chi connectivity index (χ2n) is 3.93. The van der Waals surface area contributed by atoms with Crippen LogP contribution in [-0.4, -0.2) is 18.8 Å². The zero-order chi connectivity index (χ0) is 9.57. The molecule has 2 N–H and O–H groups in total. The second-order valence-corrected chi connectivity index (χ2v) is 3.93. The van der Waals surface area contributed by atoms with Gasteiger partial charge >= 0.3 is 0 Å². The molecule has 0 aliphatic heterocycles. The van der Waals surface area contributed by atoms with Crippen molar-refractivity contribution in [3.8, 4) is 12.3 Å². The highest BCUT2D eigenvalue weighted by Crippen LogP contribution is 2.27. The standard InChI is InChI=1S/C11H19NO/c1-2-3-6-9-13-10-11(12)7-4-5-8-11/h1H,3-10,12H2. The summed E-state index contributed by atoms with van der Waals surface area (Å²) in [7, 11) is 0. The summed E-state index contributed by atoms with van der Waals surface area (Å²) in [5.74, 6) is 2.59. The molecular weight excluding hydrogens is 162 g/mol. The monoisotopic (exact) mass is 181 g/mol. The van der Waals surface area contributed by atoms with Crippen molar-refractivity contribution in [3.05, 3.63) is 0 Å². The molecule has 0 amide bonds. The highest BCUT2D eigenvalue weighted by molar-refractivity contribution is 4.89. The predicted octanol–water partition coefficient (Wildman–Crippen LogP) is 1.69. The van der Waals surface area contributed by atoms with Crippen LogP contribution in [-0.2, 0) is 4.74 Å². The van der Waals surface area contributed by atoms with Crippen LogP contribution in [0.15, 0.2) is 0 Å². The number of rotatable bonds is 5. The average Bonchev–Trinajstić information content (AvgIpc) is 2.53. The van der Waals surface area contributed by atoms with Gasteiger partial charge in [0.15, 0.2) is 0 Å². The largest absolute Gasteiger partial charge is 0.380 e. The Morgan fingerprint density at radius 1 is 1.38 bits per heavy atom. The van der Waals surface area contributed by atoms with E-state index >= 15 is 0 Å². The molecular formula is C11H19NO. The summed E-state index contributed by atoms with van der Waals surface area (Å²) in [5, 5.41) is 0. The van der Waals surface area contributed by atoms with Crippen LogP contribution in [0.2, 0.25) is 0 Å². The van der Waals surface area contributed by atoms with E-state index in [4.69, 9.17) is 16.9 Å². The van der Waals surface area contributed by atoms with Crippen molar-refractivity contribution < 1.29 is 4.74 Å². The number of nitrogens with two attached hydrogens (primary N) is 1. The Morgan fingerprint density at radius 3 is 2.69 bits per heavy atom. The van der Waals surface area contributed by atoms with E-state index in [0.717, 1.165) is 32.3 Å². The molecule has 1 aliphatic rings. The second kappa shape index (κ2) is 5.26. The smallest absolute Gasteiger partial charge is 0.0646 e. The molecule has 0 heterocycles. The van der Waals surface area contributed by atoms with Gasteiger partial charge in [0.25, 0.3) is 0 Å². The fourth-order valence-corrected chi connectivity index (χ4v) is 1.78. The SMILES string of the molecule is C#CCCCOCC1(N)CCCC1. The molecule has 1 fully saturated rings. The molecule has 0 aromatic rings. The topological polar surface area (TPSA) is 35.2 Å². The lowest BCUT2D eigenvalue weighted by Gasteiger charge is -2.22. The minimum absolute atomic E-state index is 0.0316. The van der Waals surface area contributed by atoms with Gasteiger partial charge in [-0.2, -0.15) is 0 Å². The van der Waals surface area contributed by atoms with Gasteiger partial charge in [-0.15, -0.1) is 12.3 Å². The molecule has 0 spiro atoms. The van der Waals surface area contributed by atoms with Crippen LogP contribution in [0.25, 0.3) is 0 Å². The molecule has 74 valence electrons. The van der Waals surface area contributed by atoms with Crippen LogP contribution in [0.1, 0.15) is 38.5 Å². The maximum absolute atomic E-state index is 6.11. The van der Waals surface area contributed by atoms with E-state index in [9.17, 15) is 0 Å². The number of unbranched alkanes of at least 4 members (excludes halogenated alkanes) is 1. The van der Waals surface area contributed by atoms with Crippen molar-refractivity contribution in [3.63, 3.8) is 0 Å². The van der Waals surface area contributed by atoms with Gasteiger partial charge in [0, 0.05) is 18.6 Å². The highest BCUT2D eigenvalue weighted by Gasteiger charge is 2.29. The van der Waals surface area contributed by atoms with Crippen molar-refractivity contribution in [2.24, 2.45) is 5.73 Å². The fraction of sp³-hybridized carbons (Fsp3) is 0.818. The predicted molar refractivity (Wildman–Crippen MR) is 54.3 cm³/mol. The van der Waals surface area contributed by atoms with Crippen LogP contribution >= 0.6 is 0 Å². The van der Waals surface area contributed by atoms with Gasteiger partial charge in [-0.1, -0.05) is 12.8 Å². The van der Waals surface area contributed by atoms with Gasteiger partial charge in [0.05, 0.1) is 6.61 Å². The molecule has 0 saturated heterocycles. The Hall–Kier alpha value is -0.520. The lowest BCUT2D eigenvalue weighted by molar-refractivity contribution is 0.0858. The highest BCUT2D eigenvalue weighted by atomic mass is 16.5. The molecule has 0 aromatic heterocycles. The number of hydrogen-bond donors (Lipinski definition) is 1. The van der Waals surface area contributed by atoms with Crippen molar-refractivity contribution in [1.82, 2.24) is 0 Å². The van der Waals surface area contributed by atoms with Crippen LogP contribution in [0.3, 0.4) is 0 Å². The van der Waals surface area contributed by atoms with Crippen LogP contribution < -0.4 is 5.73 Å². The number of terminal acetylenes is 1. The minimum atomic E-state index is -0.0316. The van der Waals surface area contributed by atoms with E-state index in [2.05, 4.69) is 5.92 Å². The summed E-state index contributed by atoms with van der Waals surface area (Å²) < 4.78 is 5.50. The molecule has 0 aromatic carbocycles. The lowest BCUT2D eigenvalue weighted by Crippen LogP contribution is -2.41. The molecule has 1 aliphatic carbocycles. The summed E-state index contributed by atoms with van der Waals surface area (Å²) in [6.07, 6.45) is 11.6. The van der Waals surface area contributed by atoms with Crippen molar-refractivity contribution >= 4 is 0 Å². The molecule has 13 heavy (non-hydrogen) atoms. The summed E-state index contributed by atoms with van der Waals surface area (Å²) in [6, 6.07) is 0. The number of ether oxygens (including phenoxy) is 1. The van der Waals surface area contributed by atoms with Gasteiger partial charge in [0.1, 0.15) is 0 Å². The van der Waals surface area contributed by atoms with Crippen molar-refractivity contribution in [2.75, 3.05) is 13.2 Å². The van der Waals surface area contributed by atoms with E-state index in [1.54, 1.807) is 0 Å². The molecule has 1 rings (SSSR count). The van der Waals surface area contributed by atoms with Gasteiger partial charge < -0.3 is 10.5 Å². The maximum atomic E-state index is 6.11. The molecule has 0 atom stereocenters. The Morgan fingerprint density at radius 2 is 2.08 bits per heavy atom. The van der Waals surface area contributed by atoms with E-state index in [1.165, 1.54) is 12.8 Å². The molecule has 2 heteroatoms. The summed E-state index contributed by atoms with van der Waals surface area (Å²) in [6.45, 7) is 1.46. The van der Waals surface area contributed by atoms with E-state index in [-0.39, 0.29) is 5.54 Å². The maximum Gasteiger partial charge on any atom is 0.0646 e. The lowest BCUT2D eigenvalue weighted by atomic mass is 10.0. The molecule has 0 radical (unpaired) electrons. The van der Waals surface area contributed by atoms with Crippen LogP contribution in [0.4, 0.5) is 0 Å². The van der Waals surface area contributed by atoms with Crippen LogP contribution in [0, 0.1) is 12.3 Å². The summed E-state index contributed by atoms with van der Waals surface area (Å²) in [5.41, 5.74) is 6.08. The fourth-order valence-electron chi connectivity index (χ4n) is 1.78. The van der Waals surface area contributed by atoms with E-state index in [1.807, 2.05) is 0 Å². The first-order valence-electron chi connectivity index (χ1n) is 5.07. The third kappa shape index (κ3) is 3.80. The Balaban J connectivity index is 2.02. The Kier molecular flexibility index (Phi) is 4.27. The van der Waals surface area contributed by atoms with Crippen molar-refractivity contribution in [1.29, 1.82) is 0 Å². The molecule has 0 bridgehead atoms. The average molecular weight is 181 g/mol. The first-order chi connectivity index (χ1) is 6.27. The summed E-state index contributed by atoms with van der Waals surface area (Å²) in [4.78, 5) is 0. The minimum Gasteiger partial charge on any atom is -0.380 e. The third-order valence-corrected chi connectivity index (χ3v) is 2.60. The first kappa shape index (κ1) is 10.6. The van der Waals surface area contributed by atoms with E-state index in [0.29, 0.717) is 6.61 Å². The molecule has 1 saturated carbocycles. The Bertz CT molecular complexity index is 177. The third-order valence-electron chi connectivity index (χ3n) is 2.60. The zero-order valence-electron chi connectivity index (χ0n) is 8.22. The summed E-state index contributed by atoms with van der Waals surface area (Å²) >= 11 is 0. The Labute approximate surface area is 80.8 Å². The number of hydrogen-bond acceptors (Lipinski definition) is 2. The van der Waals surface area contributed by atoms with Gasteiger partial charge in [0.2, 0.25) is 0 Å². The van der Waals surface area contributed by atoms with E-state index < -0.39 is 0 Å². The molecule has 0 unspecified atom stereocenters. The first-order valence-corrected chi connectivity index (χ1v) is 5.07. The van der Waals surface area contributed by atoms with Gasteiger partial charge in [-0.05, 0) is 19.3 Å². The zero-order valence-corrected chi connectivity index (χ0v) is 8.22. The van der Waals surface area contributed by atoms with Crippen molar-refractivity contribution in [2.45, 2.75) is 44.1 Å². The van der Waals surface area contributed by atoms with Gasteiger partial charge in [-0.3, -0.25) is 0 Å². The quantitative estimate of drug-likeness (QED) is 0.517. The molecule has 2 nitrogen and oxygen atoms in total. The van der Waals surface area contributed by atoms with Crippen LogP contribution in [0.5, 0.6) is 0 Å². The normalized spacial score (nSPS) is 20.0. The van der Waals surface area contributed by atoms with Gasteiger partial charge in [-0.25, -0.2) is 0 Å².